The first kappa shape index (κ1) is 13.1. The number of carboxylic acids is 1. The fourth-order valence-electron chi connectivity index (χ4n) is 2.19. The molecule has 0 aromatic carbocycles. The van der Waals surface area contributed by atoms with Crippen molar-refractivity contribution in [2.24, 2.45) is 5.92 Å². The Labute approximate surface area is 110 Å². The average molecular weight is 267 g/mol. The van der Waals surface area contributed by atoms with E-state index in [1.54, 1.807) is 25.3 Å². The molecule has 0 saturated heterocycles. The van der Waals surface area contributed by atoms with E-state index in [0.717, 1.165) is 17.7 Å². The fraction of sp³-hybridized carbons (Fsp3) is 0.538. The van der Waals surface area contributed by atoms with Crippen molar-refractivity contribution in [3.63, 3.8) is 0 Å². The van der Waals surface area contributed by atoms with Crippen LogP contribution in [0.4, 0.5) is 0 Å². The number of aryl methyl sites for hydroxylation is 2. The van der Waals surface area contributed by atoms with Crippen LogP contribution in [0.5, 0.6) is 0 Å². The maximum absolute atomic E-state index is 12.2. The number of carbonyl (C=O) groups excluding carboxylic acids is 1. The fourth-order valence-corrected chi connectivity index (χ4v) is 3.44. The summed E-state index contributed by atoms with van der Waals surface area (Å²) in [4.78, 5) is 26.5. The molecule has 2 rings (SSSR count). The van der Waals surface area contributed by atoms with Crippen molar-refractivity contribution in [1.82, 2.24) is 4.90 Å². The molecule has 1 N–H and O–H groups in total. The molecule has 1 atom stereocenters. The van der Waals surface area contributed by atoms with E-state index in [2.05, 4.69) is 0 Å². The molecule has 4 nitrogen and oxygen atoms in total. The quantitative estimate of drug-likeness (QED) is 0.908. The van der Waals surface area contributed by atoms with Gasteiger partial charge in [-0.2, -0.15) is 0 Å². The maximum atomic E-state index is 12.2. The molecule has 0 spiro atoms. The van der Waals surface area contributed by atoms with Crippen molar-refractivity contribution < 1.29 is 14.7 Å². The van der Waals surface area contributed by atoms with Gasteiger partial charge in [0, 0.05) is 18.5 Å². The standard InChI is InChI=1S/C13H17NO3S/c1-8(13(16)17)7-14(2)12(15)11-6-9-4-3-5-10(9)18-11/h6,8H,3-5,7H2,1-2H3,(H,16,17). The van der Waals surface area contributed by atoms with Gasteiger partial charge in [0.25, 0.3) is 5.91 Å². The van der Waals surface area contributed by atoms with Crippen LogP contribution in [0, 0.1) is 5.92 Å². The topological polar surface area (TPSA) is 57.6 Å². The largest absolute Gasteiger partial charge is 0.481 e. The molecule has 1 heterocycles. The van der Waals surface area contributed by atoms with Crippen LogP contribution in [0.1, 0.15) is 33.5 Å². The number of hydrogen-bond acceptors (Lipinski definition) is 3. The first-order chi connectivity index (χ1) is 8.49. The van der Waals surface area contributed by atoms with Crippen LogP contribution < -0.4 is 0 Å². The number of nitrogens with zero attached hydrogens (tertiary/aromatic N) is 1. The summed E-state index contributed by atoms with van der Waals surface area (Å²) in [6, 6.07) is 1.97. The third kappa shape index (κ3) is 2.56. The molecule has 1 aromatic rings. The van der Waals surface area contributed by atoms with Gasteiger partial charge in [-0.25, -0.2) is 0 Å². The van der Waals surface area contributed by atoms with Crippen molar-refractivity contribution >= 4 is 23.2 Å². The Morgan fingerprint density at radius 1 is 1.50 bits per heavy atom. The summed E-state index contributed by atoms with van der Waals surface area (Å²) in [5.74, 6) is -1.48. The van der Waals surface area contributed by atoms with E-state index in [1.807, 2.05) is 6.07 Å². The molecule has 1 aliphatic rings. The molecule has 1 unspecified atom stereocenters. The van der Waals surface area contributed by atoms with Crippen LogP contribution in [0.3, 0.4) is 0 Å². The van der Waals surface area contributed by atoms with Gasteiger partial charge in [-0.1, -0.05) is 6.92 Å². The summed E-state index contributed by atoms with van der Waals surface area (Å²) in [5, 5.41) is 8.84. The number of fused-ring (bicyclic) bond motifs is 1. The third-order valence-electron chi connectivity index (χ3n) is 3.27. The molecule has 98 valence electrons. The highest BCUT2D eigenvalue weighted by Gasteiger charge is 2.22. The van der Waals surface area contributed by atoms with E-state index in [-0.39, 0.29) is 12.5 Å². The van der Waals surface area contributed by atoms with Crippen LogP contribution in [0.2, 0.25) is 0 Å². The predicted molar refractivity (Wildman–Crippen MR) is 70.1 cm³/mol. The van der Waals surface area contributed by atoms with Gasteiger partial charge in [-0.3, -0.25) is 9.59 Å². The number of carbonyl (C=O) groups is 2. The number of hydrogen-bond donors (Lipinski definition) is 1. The predicted octanol–water partition coefficient (Wildman–Crippen LogP) is 2.03. The minimum atomic E-state index is -0.872. The molecule has 0 aliphatic heterocycles. The molecule has 1 aromatic heterocycles. The summed E-state index contributed by atoms with van der Waals surface area (Å²) in [5.41, 5.74) is 1.29. The van der Waals surface area contributed by atoms with Crippen LogP contribution >= 0.6 is 11.3 Å². The molecule has 0 radical (unpaired) electrons. The maximum Gasteiger partial charge on any atom is 0.308 e. The van der Waals surface area contributed by atoms with Gasteiger partial charge in [0.05, 0.1) is 10.8 Å². The second-order valence-electron chi connectivity index (χ2n) is 4.84. The van der Waals surface area contributed by atoms with E-state index in [0.29, 0.717) is 0 Å². The zero-order valence-electron chi connectivity index (χ0n) is 10.6. The van der Waals surface area contributed by atoms with Gasteiger partial charge < -0.3 is 10.0 Å². The Hall–Kier alpha value is -1.36. The van der Waals surface area contributed by atoms with Crippen molar-refractivity contribution in [2.75, 3.05) is 13.6 Å². The van der Waals surface area contributed by atoms with E-state index in [4.69, 9.17) is 5.11 Å². The molecule has 0 fully saturated rings. The first-order valence-electron chi connectivity index (χ1n) is 6.09. The van der Waals surface area contributed by atoms with Crippen molar-refractivity contribution in [1.29, 1.82) is 0 Å². The highest BCUT2D eigenvalue weighted by molar-refractivity contribution is 7.14. The number of rotatable bonds is 4. The smallest absolute Gasteiger partial charge is 0.308 e. The van der Waals surface area contributed by atoms with Gasteiger partial charge in [0.2, 0.25) is 0 Å². The zero-order valence-corrected chi connectivity index (χ0v) is 11.4. The molecule has 0 bridgehead atoms. The number of carboxylic acid groups (broad SMARTS) is 1. The van der Waals surface area contributed by atoms with Crippen LogP contribution in [-0.2, 0) is 17.6 Å². The Kier molecular flexibility index (Phi) is 3.71. The Morgan fingerprint density at radius 3 is 2.83 bits per heavy atom. The molecule has 0 saturated carbocycles. The van der Waals surface area contributed by atoms with Gasteiger partial charge in [-0.05, 0) is 30.9 Å². The van der Waals surface area contributed by atoms with Gasteiger partial charge in [0.1, 0.15) is 0 Å². The average Bonchev–Trinajstić information content (AvgIpc) is 2.87. The summed E-state index contributed by atoms with van der Waals surface area (Å²) < 4.78 is 0. The molecule has 18 heavy (non-hydrogen) atoms. The van der Waals surface area contributed by atoms with Crippen molar-refractivity contribution in [2.45, 2.75) is 26.2 Å². The van der Waals surface area contributed by atoms with Gasteiger partial charge in [-0.15, -0.1) is 11.3 Å². The number of amides is 1. The Bertz CT molecular complexity index is 459. The lowest BCUT2D eigenvalue weighted by Crippen LogP contribution is -2.33. The molecular formula is C13H17NO3S. The van der Waals surface area contributed by atoms with E-state index in [9.17, 15) is 9.59 Å². The second-order valence-corrected chi connectivity index (χ2v) is 5.97. The highest BCUT2D eigenvalue weighted by Crippen LogP contribution is 2.31. The summed E-state index contributed by atoms with van der Waals surface area (Å²) >= 11 is 1.56. The zero-order chi connectivity index (χ0) is 13.3. The van der Waals surface area contributed by atoms with Crippen LogP contribution in [-0.4, -0.2) is 35.5 Å². The number of aliphatic carboxylic acids is 1. The lowest BCUT2D eigenvalue weighted by molar-refractivity contribution is -0.141. The Balaban J connectivity index is 2.04. The minimum absolute atomic E-state index is 0.0671. The minimum Gasteiger partial charge on any atom is -0.481 e. The van der Waals surface area contributed by atoms with Crippen LogP contribution in [0.15, 0.2) is 6.07 Å². The summed E-state index contributed by atoms with van der Waals surface area (Å²) in [6.07, 6.45) is 3.32. The summed E-state index contributed by atoms with van der Waals surface area (Å²) in [7, 11) is 1.66. The normalized spacial score (nSPS) is 15.2. The lowest BCUT2D eigenvalue weighted by atomic mass is 10.1. The van der Waals surface area contributed by atoms with Gasteiger partial charge >= 0.3 is 5.97 Å². The monoisotopic (exact) mass is 267 g/mol. The molecule has 1 aliphatic carbocycles. The van der Waals surface area contributed by atoms with Crippen molar-refractivity contribution in [3.05, 3.63) is 21.4 Å². The summed E-state index contributed by atoms with van der Waals surface area (Å²) in [6.45, 7) is 1.86. The third-order valence-corrected chi connectivity index (χ3v) is 4.50. The second kappa shape index (κ2) is 5.10. The van der Waals surface area contributed by atoms with Crippen LogP contribution in [0.25, 0.3) is 0 Å². The van der Waals surface area contributed by atoms with E-state index in [1.165, 1.54) is 21.8 Å². The highest BCUT2D eigenvalue weighted by atomic mass is 32.1. The van der Waals surface area contributed by atoms with Crippen molar-refractivity contribution in [3.8, 4) is 0 Å². The molecule has 5 heteroatoms. The van der Waals surface area contributed by atoms with E-state index >= 15 is 0 Å². The molecular weight excluding hydrogens is 250 g/mol. The SMILES string of the molecule is CC(CN(C)C(=O)c1cc2c(s1)CCC2)C(=O)O. The molecule has 1 amide bonds. The number of thiophene rings is 1. The Morgan fingerprint density at radius 2 is 2.22 bits per heavy atom. The van der Waals surface area contributed by atoms with E-state index < -0.39 is 11.9 Å². The first-order valence-corrected chi connectivity index (χ1v) is 6.90. The van der Waals surface area contributed by atoms with Gasteiger partial charge in [0.15, 0.2) is 0 Å². The lowest BCUT2D eigenvalue weighted by Gasteiger charge is -2.18.